The third-order valence-corrected chi connectivity index (χ3v) is 4.29. The van der Waals surface area contributed by atoms with E-state index in [-0.39, 0.29) is 5.78 Å². The summed E-state index contributed by atoms with van der Waals surface area (Å²) in [5.41, 5.74) is 0.767. The van der Waals surface area contributed by atoms with Gasteiger partial charge in [0.05, 0.1) is 6.61 Å². The van der Waals surface area contributed by atoms with Crippen LogP contribution in [0, 0.1) is 0 Å². The standard InChI is InChI=1S/C16H24BrNO2/c1-4-13(2)18(11-12-20-3)10-9-16(19)14-7-5-6-8-15(14)17/h5-8,13H,4,9-12H2,1-3H3. The van der Waals surface area contributed by atoms with Crippen molar-refractivity contribution in [2.45, 2.75) is 32.7 Å². The molecule has 0 aromatic heterocycles. The predicted octanol–water partition coefficient (Wildman–Crippen LogP) is 3.77. The monoisotopic (exact) mass is 341 g/mol. The molecular weight excluding hydrogens is 318 g/mol. The third kappa shape index (κ3) is 5.35. The zero-order valence-electron chi connectivity index (χ0n) is 12.6. The molecule has 1 rings (SSSR count). The Morgan fingerprint density at radius 3 is 2.65 bits per heavy atom. The molecule has 3 nitrogen and oxygen atoms in total. The minimum atomic E-state index is 0.184. The number of carbonyl (C=O) groups excluding carboxylic acids is 1. The van der Waals surface area contributed by atoms with Crippen LogP contribution < -0.4 is 0 Å². The summed E-state index contributed by atoms with van der Waals surface area (Å²) < 4.78 is 6.02. The van der Waals surface area contributed by atoms with Crippen molar-refractivity contribution in [3.8, 4) is 0 Å². The number of carbonyl (C=O) groups is 1. The number of hydrogen-bond acceptors (Lipinski definition) is 3. The molecule has 0 radical (unpaired) electrons. The minimum absolute atomic E-state index is 0.184. The Hall–Kier alpha value is -0.710. The quantitative estimate of drug-likeness (QED) is 0.640. The average molecular weight is 342 g/mol. The predicted molar refractivity (Wildman–Crippen MR) is 86.3 cm³/mol. The number of hydrogen-bond donors (Lipinski definition) is 0. The fourth-order valence-corrected chi connectivity index (χ4v) is 2.59. The van der Waals surface area contributed by atoms with Crippen LogP contribution in [0.1, 0.15) is 37.0 Å². The Morgan fingerprint density at radius 2 is 2.05 bits per heavy atom. The number of halogens is 1. The Labute approximate surface area is 130 Å². The van der Waals surface area contributed by atoms with Gasteiger partial charge in [-0.05, 0) is 19.4 Å². The molecule has 0 aliphatic rings. The number of benzene rings is 1. The molecule has 0 bridgehead atoms. The van der Waals surface area contributed by atoms with E-state index in [1.165, 1.54) is 0 Å². The van der Waals surface area contributed by atoms with Gasteiger partial charge in [0, 0.05) is 42.7 Å². The van der Waals surface area contributed by atoms with Crippen LogP contribution in [0.4, 0.5) is 0 Å². The molecule has 0 spiro atoms. The molecule has 0 saturated heterocycles. The van der Waals surface area contributed by atoms with Crippen LogP contribution in [0.25, 0.3) is 0 Å². The second-order valence-corrected chi connectivity index (χ2v) is 5.79. The van der Waals surface area contributed by atoms with Gasteiger partial charge in [-0.3, -0.25) is 9.69 Å². The van der Waals surface area contributed by atoms with Gasteiger partial charge < -0.3 is 4.74 Å². The van der Waals surface area contributed by atoms with E-state index >= 15 is 0 Å². The van der Waals surface area contributed by atoms with E-state index in [0.29, 0.717) is 19.1 Å². The number of ether oxygens (including phenoxy) is 1. The molecule has 1 unspecified atom stereocenters. The fraction of sp³-hybridized carbons (Fsp3) is 0.562. The number of Topliss-reactive ketones (excluding diaryl/α,β-unsaturated/α-hetero) is 1. The summed E-state index contributed by atoms with van der Waals surface area (Å²) >= 11 is 3.43. The highest BCUT2D eigenvalue weighted by Gasteiger charge is 2.15. The van der Waals surface area contributed by atoms with E-state index in [0.717, 1.165) is 29.5 Å². The van der Waals surface area contributed by atoms with Crippen molar-refractivity contribution in [3.63, 3.8) is 0 Å². The van der Waals surface area contributed by atoms with Crippen LogP contribution in [0.2, 0.25) is 0 Å². The van der Waals surface area contributed by atoms with Crippen molar-refractivity contribution in [2.75, 3.05) is 26.8 Å². The minimum Gasteiger partial charge on any atom is -0.383 e. The molecule has 0 heterocycles. The first-order chi connectivity index (χ1) is 9.60. The van der Waals surface area contributed by atoms with Gasteiger partial charge in [-0.15, -0.1) is 0 Å². The molecule has 0 amide bonds. The molecule has 0 saturated carbocycles. The number of nitrogens with zero attached hydrogens (tertiary/aromatic N) is 1. The molecule has 20 heavy (non-hydrogen) atoms. The number of rotatable bonds is 9. The number of methoxy groups -OCH3 is 1. The molecule has 0 N–H and O–H groups in total. The van der Waals surface area contributed by atoms with Crippen molar-refractivity contribution in [3.05, 3.63) is 34.3 Å². The molecule has 0 fully saturated rings. The first-order valence-corrected chi connectivity index (χ1v) is 7.90. The van der Waals surface area contributed by atoms with Crippen molar-refractivity contribution in [1.29, 1.82) is 0 Å². The van der Waals surface area contributed by atoms with Gasteiger partial charge in [-0.1, -0.05) is 41.1 Å². The van der Waals surface area contributed by atoms with Crippen LogP contribution in [0.5, 0.6) is 0 Å². The third-order valence-electron chi connectivity index (χ3n) is 3.60. The normalized spacial score (nSPS) is 12.7. The smallest absolute Gasteiger partial charge is 0.165 e. The maximum atomic E-state index is 12.3. The van der Waals surface area contributed by atoms with Crippen LogP contribution in [0.15, 0.2) is 28.7 Å². The Kier molecular flexibility index (Phi) is 8.04. The lowest BCUT2D eigenvalue weighted by Gasteiger charge is -2.27. The summed E-state index contributed by atoms with van der Waals surface area (Å²) in [5, 5.41) is 0. The second kappa shape index (κ2) is 9.27. The highest BCUT2D eigenvalue weighted by molar-refractivity contribution is 9.10. The maximum Gasteiger partial charge on any atom is 0.165 e. The number of ketones is 1. The topological polar surface area (TPSA) is 29.5 Å². The summed E-state index contributed by atoms with van der Waals surface area (Å²) in [7, 11) is 1.71. The summed E-state index contributed by atoms with van der Waals surface area (Å²) in [4.78, 5) is 14.6. The van der Waals surface area contributed by atoms with Crippen molar-refractivity contribution < 1.29 is 9.53 Å². The molecule has 112 valence electrons. The van der Waals surface area contributed by atoms with Crippen molar-refractivity contribution >= 4 is 21.7 Å². The summed E-state index contributed by atoms with van der Waals surface area (Å²) in [6.07, 6.45) is 1.61. The van der Waals surface area contributed by atoms with Gasteiger partial charge in [0.1, 0.15) is 0 Å². The molecule has 1 atom stereocenters. The zero-order valence-corrected chi connectivity index (χ0v) is 14.1. The highest BCUT2D eigenvalue weighted by Crippen LogP contribution is 2.18. The van der Waals surface area contributed by atoms with Crippen LogP contribution in [-0.4, -0.2) is 43.5 Å². The lowest BCUT2D eigenvalue weighted by Crippen LogP contribution is -2.37. The molecule has 1 aromatic rings. The fourth-order valence-electron chi connectivity index (χ4n) is 2.09. The van der Waals surface area contributed by atoms with E-state index in [1.807, 2.05) is 24.3 Å². The highest BCUT2D eigenvalue weighted by atomic mass is 79.9. The zero-order chi connectivity index (χ0) is 15.0. The van der Waals surface area contributed by atoms with E-state index in [1.54, 1.807) is 7.11 Å². The van der Waals surface area contributed by atoms with Gasteiger partial charge >= 0.3 is 0 Å². The van der Waals surface area contributed by atoms with Gasteiger partial charge in [-0.2, -0.15) is 0 Å². The molecule has 0 aliphatic carbocycles. The largest absolute Gasteiger partial charge is 0.383 e. The molecular formula is C16H24BrNO2. The summed E-state index contributed by atoms with van der Waals surface area (Å²) in [6.45, 7) is 6.71. The van der Waals surface area contributed by atoms with Gasteiger partial charge in [0.25, 0.3) is 0 Å². The van der Waals surface area contributed by atoms with Crippen molar-refractivity contribution in [2.24, 2.45) is 0 Å². The van der Waals surface area contributed by atoms with Gasteiger partial charge in [0.15, 0.2) is 5.78 Å². The SMILES string of the molecule is CCC(C)N(CCOC)CCC(=O)c1ccccc1Br. The maximum absolute atomic E-state index is 12.3. The van der Waals surface area contributed by atoms with E-state index in [9.17, 15) is 4.79 Å². The van der Waals surface area contributed by atoms with E-state index in [2.05, 4.69) is 34.7 Å². The molecule has 1 aromatic carbocycles. The summed E-state index contributed by atoms with van der Waals surface area (Å²) in [6, 6.07) is 8.07. The Bertz CT molecular complexity index is 423. The lowest BCUT2D eigenvalue weighted by molar-refractivity contribution is 0.0915. The first kappa shape index (κ1) is 17.3. The molecule has 4 heteroatoms. The van der Waals surface area contributed by atoms with Crippen molar-refractivity contribution in [1.82, 2.24) is 4.90 Å². The Morgan fingerprint density at radius 1 is 1.35 bits per heavy atom. The summed E-state index contributed by atoms with van der Waals surface area (Å²) in [5.74, 6) is 0.184. The molecule has 0 aliphatic heterocycles. The van der Waals surface area contributed by atoms with E-state index < -0.39 is 0 Å². The lowest BCUT2D eigenvalue weighted by atomic mass is 10.1. The second-order valence-electron chi connectivity index (χ2n) is 4.94. The van der Waals surface area contributed by atoms with Crippen LogP contribution in [-0.2, 0) is 4.74 Å². The van der Waals surface area contributed by atoms with E-state index in [4.69, 9.17) is 4.74 Å². The van der Waals surface area contributed by atoms with Gasteiger partial charge in [-0.25, -0.2) is 0 Å². The van der Waals surface area contributed by atoms with Crippen LogP contribution >= 0.6 is 15.9 Å². The average Bonchev–Trinajstić information content (AvgIpc) is 2.46. The van der Waals surface area contributed by atoms with Crippen LogP contribution in [0.3, 0.4) is 0 Å². The Balaban J connectivity index is 2.58. The van der Waals surface area contributed by atoms with Gasteiger partial charge in [0.2, 0.25) is 0 Å². The first-order valence-electron chi connectivity index (χ1n) is 7.10.